The number of pyridine rings is 1. The van der Waals surface area contributed by atoms with Crippen molar-refractivity contribution in [1.82, 2.24) is 4.98 Å². The summed E-state index contributed by atoms with van der Waals surface area (Å²) in [7, 11) is 0. The van der Waals surface area contributed by atoms with E-state index in [1.807, 2.05) is 18.2 Å². The summed E-state index contributed by atoms with van der Waals surface area (Å²) in [6.07, 6.45) is 6.50. The number of aromatic nitrogens is 1. The van der Waals surface area contributed by atoms with E-state index in [1.54, 1.807) is 0 Å². The molecule has 0 bridgehead atoms. The van der Waals surface area contributed by atoms with Crippen LogP contribution in [-0.4, -0.2) is 11.1 Å². The number of ether oxygens (including phenoxy) is 1. The Morgan fingerprint density at radius 1 is 1.19 bits per heavy atom. The first-order chi connectivity index (χ1) is 10.2. The molecule has 0 saturated heterocycles. The van der Waals surface area contributed by atoms with Gasteiger partial charge in [0.25, 0.3) is 0 Å². The lowest BCUT2D eigenvalue weighted by molar-refractivity contribution is 0.0462. The van der Waals surface area contributed by atoms with E-state index >= 15 is 0 Å². The SMILES string of the molecule is CCCCCCC(C)OCc1cc2ccccc2nc1N. The predicted molar refractivity (Wildman–Crippen MR) is 89.2 cm³/mol. The van der Waals surface area contributed by atoms with E-state index in [9.17, 15) is 0 Å². The van der Waals surface area contributed by atoms with E-state index in [-0.39, 0.29) is 6.10 Å². The molecule has 1 aromatic heterocycles. The Morgan fingerprint density at radius 2 is 2.00 bits per heavy atom. The van der Waals surface area contributed by atoms with Gasteiger partial charge in [-0.15, -0.1) is 0 Å². The molecule has 2 N–H and O–H groups in total. The van der Waals surface area contributed by atoms with Gasteiger partial charge in [-0.1, -0.05) is 50.8 Å². The van der Waals surface area contributed by atoms with Gasteiger partial charge in [0.2, 0.25) is 0 Å². The zero-order valence-electron chi connectivity index (χ0n) is 13.1. The van der Waals surface area contributed by atoms with Crippen LogP contribution in [0.4, 0.5) is 5.82 Å². The van der Waals surface area contributed by atoms with Crippen LogP contribution < -0.4 is 5.73 Å². The maximum absolute atomic E-state index is 6.02. The van der Waals surface area contributed by atoms with E-state index in [0.717, 1.165) is 22.9 Å². The third-order valence-corrected chi connectivity index (χ3v) is 3.82. The molecule has 21 heavy (non-hydrogen) atoms. The fraction of sp³-hybridized carbons (Fsp3) is 0.500. The number of hydrogen-bond donors (Lipinski definition) is 1. The summed E-state index contributed by atoms with van der Waals surface area (Å²) in [5, 5.41) is 1.11. The molecule has 0 amide bonds. The predicted octanol–water partition coefficient (Wildman–Crippen LogP) is 4.69. The van der Waals surface area contributed by atoms with Crippen molar-refractivity contribution in [3.8, 4) is 0 Å². The maximum Gasteiger partial charge on any atom is 0.129 e. The number of hydrogen-bond acceptors (Lipinski definition) is 3. The van der Waals surface area contributed by atoms with Crippen molar-refractivity contribution < 1.29 is 4.74 Å². The monoisotopic (exact) mass is 286 g/mol. The summed E-state index contributed by atoms with van der Waals surface area (Å²) in [6.45, 7) is 4.91. The molecule has 0 aliphatic heterocycles. The molecule has 1 heterocycles. The molecule has 114 valence electrons. The van der Waals surface area contributed by atoms with Crippen molar-refractivity contribution in [2.45, 2.75) is 58.7 Å². The number of nitrogens with two attached hydrogens (primary N) is 1. The van der Waals surface area contributed by atoms with Crippen LogP contribution in [0.3, 0.4) is 0 Å². The summed E-state index contributed by atoms with van der Waals surface area (Å²) in [5.41, 5.74) is 7.94. The number of fused-ring (bicyclic) bond motifs is 1. The molecule has 3 heteroatoms. The Balaban J connectivity index is 1.89. The molecule has 1 aromatic carbocycles. The van der Waals surface area contributed by atoms with Crippen LogP contribution in [-0.2, 0) is 11.3 Å². The van der Waals surface area contributed by atoms with E-state index < -0.39 is 0 Å². The van der Waals surface area contributed by atoms with Crippen molar-refractivity contribution in [3.63, 3.8) is 0 Å². The molecule has 0 spiro atoms. The quantitative estimate of drug-likeness (QED) is 0.716. The summed E-state index contributed by atoms with van der Waals surface area (Å²) in [5.74, 6) is 0.576. The molecule has 0 aliphatic rings. The minimum atomic E-state index is 0.271. The largest absolute Gasteiger partial charge is 0.383 e. The van der Waals surface area contributed by atoms with E-state index in [0.29, 0.717) is 12.4 Å². The highest BCUT2D eigenvalue weighted by Gasteiger charge is 2.07. The average molecular weight is 286 g/mol. The average Bonchev–Trinajstić information content (AvgIpc) is 2.49. The van der Waals surface area contributed by atoms with Crippen LogP contribution >= 0.6 is 0 Å². The Kier molecular flexibility index (Phi) is 6.00. The standard InChI is InChI=1S/C18H26N2O/c1-3-4-5-6-9-14(2)21-13-16-12-15-10-7-8-11-17(15)20-18(16)19/h7-8,10-12,14H,3-6,9,13H2,1-2H3,(H2,19,20). The van der Waals surface area contributed by atoms with Gasteiger partial charge in [-0.05, 0) is 25.5 Å². The highest BCUT2D eigenvalue weighted by atomic mass is 16.5. The molecule has 0 radical (unpaired) electrons. The number of para-hydroxylation sites is 1. The fourth-order valence-corrected chi connectivity index (χ4v) is 2.46. The minimum absolute atomic E-state index is 0.271. The van der Waals surface area contributed by atoms with Gasteiger partial charge in [0.1, 0.15) is 5.82 Å². The molecule has 3 nitrogen and oxygen atoms in total. The number of anilines is 1. The Labute approximate surface area is 127 Å². The first kappa shape index (κ1) is 15.8. The topological polar surface area (TPSA) is 48.1 Å². The van der Waals surface area contributed by atoms with Gasteiger partial charge in [-0.3, -0.25) is 0 Å². The Morgan fingerprint density at radius 3 is 2.81 bits per heavy atom. The Hall–Kier alpha value is -1.61. The molecule has 1 unspecified atom stereocenters. The van der Waals surface area contributed by atoms with E-state index in [4.69, 9.17) is 10.5 Å². The van der Waals surface area contributed by atoms with Crippen LogP contribution in [0.2, 0.25) is 0 Å². The smallest absolute Gasteiger partial charge is 0.129 e. The second-order valence-corrected chi connectivity index (χ2v) is 5.70. The van der Waals surface area contributed by atoms with E-state index in [1.165, 1.54) is 25.7 Å². The second-order valence-electron chi connectivity index (χ2n) is 5.70. The molecule has 0 aliphatic carbocycles. The van der Waals surface area contributed by atoms with Gasteiger partial charge < -0.3 is 10.5 Å². The van der Waals surface area contributed by atoms with Crippen LogP contribution in [0.15, 0.2) is 30.3 Å². The van der Waals surface area contributed by atoms with Crippen LogP contribution in [0, 0.1) is 0 Å². The molecule has 1 atom stereocenters. The van der Waals surface area contributed by atoms with Gasteiger partial charge in [0, 0.05) is 10.9 Å². The summed E-state index contributed by atoms with van der Waals surface area (Å²) >= 11 is 0. The fourth-order valence-electron chi connectivity index (χ4n) is 2.46. The summed E-state index contributed by atoms with van der Waals surface area (Å²) < 4.78 is 5.92. The van der Waals surface area contributed by atoms with Crippen molar-refractivity contribution >= 4 is 16.7 Å². The molecule has 2 rings (SSSR count). The summed E-state index contributed by atoms with van der Waals surface area (Å²) in [4.78, 5) is 4.44. The highest BCUT2D eigenvalue weighted by Crippen LogP contribution is 2.20. The molecular formula is C18H26N2O. The zero-order valence-corrected chi connectivity index (χ0v) is 13.1. The van der Waals surface area contributed by atoms with E-state index in [2.05, 4.69) is 31.0 Å². The number of rotatable bonds is 8. The lowest BCUT2D eigenvalue weighted by Gasteiger charge is -2.14. The highest BCUT2D eigenvalue weighted by molar-refractivity contribution is 5.81. The van der Waals surface area contributed by atoms with Crippen molar-refractivity contribution in [2.24, 2.45) is 0 Å². The minimum Gasteiger partial charge on any atom is -0.383 e. The number of nitrogens with zero attached hydrogens (tertiary/aromatic N) is 1. The normalized spacial score (nSPS) is 12.7. The zero-order chi connectivity index (χ0) is 15.1. The van der Waals surface area contributed by atoms with Gasteiger partial charge in [0.15, 0.2) is 0 Å². The third-order valence-electron chi connectivity index (χ3n) is 3.82. The first-order valence-electron chi connectivity index (χ1n) is 7.96. The molecule has 0 fully saturated rings. The second kappa shape index (κ2) is 7.99. The van der Waals surface area contributed by atoms with Gasteiger partial charge in [-0.25, -0.2) is 4.98 Å². The first-order valence-corrected chi connectivity index (χ1v) is 7.96. The summed E-state index contributed by atoms with van der Waals surface area (Å²) in [6, 6.07) is 10.1. The van der Waals surface area contributed by atoms with Crippen LogP contribution in [0.25, 0.3) is 10.9 Å². The molecule has 0 saturated carbocycles. The number of nitrogen functional groups attached to an aromatic ring is 1. The van der Waals surface area contributed by atoms with Crippen molar-refractivity contribution in [3.05, 3.63) is 35.9 Å². The Bertz CT molecular complexity index is 568. The number of unbranched alkanes of at least 4 members (excludes halogenated alkanes) is 3. The lowest BCUT2D eigenvalue weighted by Crippen LogP contribution is -2.09. The molecular weight excluding hydrogens is 260 g/mol. The van der Waals surface area contributed by atoms with Crippen LogP contribution in [0.1, 0.15) is 51.5 Å². The van der Waals surface area contributed by atoms with Crippen LogP contribution in [0.5, 0.6) is 0 Å². The van der Waals surface area contributed by atoms with Gasteiger partial charge >= 0.3 is 0 Å². The maximum atomic E-state index is 6.02. The van der Waals surface area contributed by atoms with Gasteiger partial charge in [-0.2, -0.15) is 0 Å². The van der Waals surface area contributed by atoms with Crippen molar-refractivity contribution in [1.29, 1.82) is 0 Å². The van der Waals surface area contributed by atoms with Crippen molar-refractivity contribution in [2.75, 3.05) is 5.73 Å². The van der Waals surface area contributed by atoms with Gasteiger partial charge in [0.05, 0.1) is 18.2 Å². The third kappa shape index (κ3) is 4.71. The molecule has 2 aromatic rings. The lowest BCUT2D eigenvalue weighted by atomic mass is 10.1. The number of benzene rings is 1.